The Morgan fingerprint density at radius 3 is 2.94 bits per heavy atom. The molecule has 0 radical (unpaired) electrons. The number of nitrogens with zero attached hydrogens (tertiary/aromatic N) is 1. The van der Waals surface area contributed by atoms with Crippen LogP contribution in [0.4, 0.5) is 0 Å². The molecule has 0 aliphatic carbocycles. The number of aromatic nitrogens is 1. The predicted octanol–water partition coefficient (Wildman–Crippen LogP) is 3.77. The van der Waals surface area contributed by atoms with Crippen molar-refractivity contribution in [2.45, 2.75) is 25.9 Å². The van der Waals surface area contributed by atoms with E-state index in [-0.39, 0.29) is 6.10 Å². The first kappa shape index (κ1) is 11.4. The number of hydrogen-bond donors (Lipinski definition) is 0. The van der Waals surface area contributed by atoms with Gasteiger partial charge in [-0.25, -0.2) is 0 Å². The lowest BCUT2D eigenvalue weighted by Gasteiger charge is -2.15. The number of rotatable bonds is 1. The van der Waals surface area contributed by atoms with Crippen molar-refractivity contribution in [3.05, 3.63) is 53.7 Å². The summed E-state index contributed by atoms with van der Waals surface area (Å²) in [6.07, 6.45) is 4.20. The predicted molar refractivity (Wildman–Crippen MR) is 72.4 cm³/mol. The Morgan fingerprint density at radius 1 is 1.17 bits per heavy atom. The SMILES string of the molecule is C[C@H]1OCCCc2c(-c3ccccn3)cccc21. The van der Waals surface area contributed by atoms with Gasteiger partial charge in [-0.2, -0.15) is 0 Å². The molecule has 0 saturated heterocycles. The summed E-state index contributed by atoms with van der Waals surface area (Å²) in [6.45, 7) is 2.98. The zero-order chi connectivity index (χ0) is 12.4. The highest BCUT2D eigenvalue weighted by Gasteiger charge is 2.18. The molecule has 0 unspecified atom stereocenters. The van der Waals surface area contributed by atoms with E-state index in [9.17, 15) is 0 Å². The summed E-state index contributed by atoms with van der Waals surface area (Å²) in [5.41, 5.74) is 5.03. The van der Waals surface area contributed by atoms with E-state index in [0.29, 0.717) is 0 Å². The van der Waals surface area contributed by atoms with Crippen LogP contribution in [0.25, 0.3) is 11.3 Å². The Labute approximate surface area is 108 Å². The summed E-state index contributed by atoms with van der Waals surface area (Å²) in [5.74, 6) is 0. The van der Waals surface area contributed by atoms with Crippen LogP contribution in [0.5, 0.6) is 0 Å². The monoisotopic (exact) mass is 239 g/mol. The number of pyridine rings is 1. The van der Waals surface area contributed by atoms with Crippen LogP contribution in [0.15, 0.2) is 42.6 Å². The van der Waals surface area contributed by atoms with Gasteiger partial charge in [0.05, 0.1) is 11.8 Å². The van der Waals surface area contributed by atoms with Crippen molar-refractivity contribution in [3.63, 3.8) is 0 Å². The zero-order valence-electron chi connectivity index (χ0n) is 10.6. The highest BCUT2D eigenvalue weighted by atomic mass is 16.5. The van der Waals surface area contributed by atoms with E-state index in [1.54, 1.807) is 0 Å². The van der Waals surface area contributed by atoms with E-state index >= 15 is 0 Å². The summed E-state index contributed by atoms with van der Waals surface area (Å²) in [7, 11) is 0. The van der Waals surface area contributed by atoms with Gasteiger partial charge in [0.2, 0.25) is 0 Å². The van der Waals surface area contributed by atoms with Gasteiger partial charge >= 0.3 is 0 Å². The first-order valence-corrected chi connectivity index (χ1v) is 6.51. The Hall–Kier alpha value is -1.67. The van der Waals surface area contributed by atoms with Gasteiger partial charge in [0.15, 0.2) is 0 Å². The molecule has 1 aliphatic heterocycles. The number of benzene rings is 1. The first-order chi connectivity index (χ1) is 8.86. The average molecular weight is 239 g/mol. The lowest BCUT2D eigenvalue weighted by Crippen LogP contribution is -2.00. The van der Waals surface area contributed by atoms with Gasteiger partial charge in [0, 0.05) is 18.4 Å². The van der Waals surface area contributed by atoms with Crippen LogP contribution in [0.2, 0.25) is 0 Å². The summed E-state index contributed by atoms with van der Waals surface area (Å²) in [6, 6.07) is 12.5. The maximum Gasteiger partial charge on any atom is 0.0799 e. The van der Waals surface area contributed by atoms with Crippen LogP contribution in [-0.4, -0.2) is 11.6 Å². The molecule has 0 N–H and O–H groups in total. The molecule has 92 valence electrons. The summed E-state index contributed by atoms with van der Waals surface area (Å²) >= 11 is 0. The van der Waals surface area contributed by atoms with Crippen molar-refractivity contribution in [1.29, 1.82) is 0 Å². The molecule has 2 heteroatoms. The van der Waals surface area contributed by atoms with Gasteiger partial charge < -0.3 is 4.74 Å². The molecule has 1 aliphatic rings. The zero-order valence-corrected chi connectivity index (χ0v) is 10.6. The molecule has 0 amide bonds. The van der Waals surface area contributed by atoms with Gasteiger partial charge in [-0.1, -0.05) is 24.3 Å². The Morgan fingerprint density at radius 2 is 2.11 bits per heavy atom. The third-order valence-corrected chi connectivity index (χ3v) is 3.53. The van der Waals surface area contributed by atoms with Crippen LogP contribution < -0.4 is 0 Å². The molecule has 1 aromatic heterocycles. The molecule has 2 aromatic rings. The minimum atomic E-state index is 0.186. The number of ether oxygens (including phenoxy) is 1. The molecule has 0 bridgehead atoms. The van der Waals surface area contributed by atoms with Crippen LogP contribution in [-0.2, 0) is 11.2 Å². The summed E-state index contributed by atoms with van der Waals surface area (Å²) in [5, 5.41) is 0. The topological polar surface area (TPSA) is 22.1 Å². The molecule has 0 fully saturated rings. The van der Waals surface area contributed by atoms with Crippen LogP contribution in [0.3, 0.4) is 0 Å². The largest absolute Gasteiger partial charge is 0.374 e. The van der Waals surface area contributed by atoms with Crippen LogP contribution in [0.1, 0.15) is 30.6 Å². The lowest BCUT2D eigenvalue weighted by atomic mass is 9.93. The Kier molecular flexibility index (Phi) is 3.11. The Bertz CT molecular complexity index is 536. The summed E-state index contributed by atoms with van der Waals surface area (Å²) in [4.78, 5) is 4.47. The quantitative estimate of drug-likeness (QED) is 0.755. The molecule has 18 heavy (non-hydrogen) atoms. The van der Waals surface area contributed by atoms with E-state index in [2.05, 4.69) is 36.2 Å². The second-order valence-corrected chi connectivity index (χ2v) is 4.70. The first-order valence-electron chi connectivity index (χ1n) is 6.51. The van der Waals surface area contributed by atoms with Gasteiger partial charge in [0.1, 0.15) is 0 Å². The van der Waals surface area contributed by atoms with Crippen LogP contribution in [0, 0.1) is 0 Å². The van der Waals surface area contributed by atoms with Gasteiger partial charge in [0.25, 0.3) is 0 Å². The lowest BCUT2D eigenvalue weighted by molar-refractivity contribution is 0.0699. The van der Waals surface area contributed by atoms with Crippen molar-refractivity contribution >= 4 is 0 Å². The maximum atomic E-state index is 5.80. The molecular formula is C16H17NO. The molecule has 1 aromatic carbocycles. The van der Waals surface area contributed by atoms with Gasteiger partial charge in [-0.05, 0) is 43.0 Å². The molecule has 2 nitrogen and oxygen atoms in total. The van der Waals surface area contributed by atoms with E-state index in [4.69, 9.17) is 4.74 Å². The summed E-state index contributed by atoms with van der Waals surface area (Å²) < 4.78 is 5.80. The maximum absolute atomic E-state index is 5.80. The average Bonchev–Trinajstić information content (AvgIpc) is 2.62. The smallest absolute Gasteiger partial charge is 0.0799 e. The highest BCUT2D eigenvalue weighted by molar-refractivity contribution is 5.65. The van der Waals surface area contributed by atoms with Crippen molar-refractivity contribution in [3.8, 4) is 11.3 Å². The standard InChI is InChI=1S/C16H17NO/c1-12-13-6-4-7-15(14(13)8-5-11-18-12)16-9-2-3-10-17-16/h2-4,6-7,9-10,12H,5,8,11H2,1H3/t12-/m1/s1. The second-order valence-electron chi connectivity index (χ2n) is 4.70. The van der Waals surface area contributed by atoms with Crippen molar-refractivity contribution in [1.82, 2.24) is 4.98 Å². The van der Waals surface area contributed by atoms with Crippen molar-refractivity contribution in [2.24, 2.45) is 0 Å². The molecule has 1 atom stereocenters. The van der Waals surface area contributed by atoms with E-state index in [1.165, 1.54) is 16.7 Å². The number of fused-ring (bicyclic) bond motifs is 1. The number of hydrogen-bond acceptors (Lipinski definition) is 2. The third kappa shape index (κ3) is 2.04. The van der Waals surface area contributed by atoms with Crippen molar-refractivity contribution < 1.29 is 4.74 Å². The fraction of sp³-hybridized carbons (Fsp3) is 0.312. The van der Waals surface area contributed by atoms with E-state index in [1.807, 2.05) is 18.3 Å². The Balaban J connectivity index is 2.14. The minimum absolute atomic E-state index is 0.186. The molecule has 0 spiro atoms. The molecule has 2 heterocycles. The van der Waals surface area contributed by atoms with Gasteiger partial charge in [-0.3, -0.25) is 4.98 Å². The van der Waals surface area contributed by atoms with E-state index < -0.39 is 0 Å². The third-order valence-electron chi connectivity index (χ3n) is 3.53. The fourth-order valence-electron chi connectivity index (χ4n) is 2.63. The van der Waals surface area contributed by atoms with E-state index in [0.717, 1.165) is 25.1 Å². The molecule has 0 saturated carbocycles. The fourth-order valence-corrected chi connectivity index (χ4v) is 2.63. The molecular weight excluding hydrogens is 222 g/mol. The highest BCUT2D eigenvalue weighted by Crippen LogP contribution is 2.32. The van der Waals surface area contributed by atoms with Crippen LogP contribution >= 0.6 is 0 Å². The minimum Gasteiger partial charge on any atom is -0.374 e. The second kappa shape index (κ2) is 4.91. The van der Waals surface area contributed by atoms with Crippen molar-refractivity contribution in [2.75, 3.05) is 6.61 Å². The normalized spacial score (nSPS) is 19.1. The van der Waals surface area contributed by atoms with Gasteiger partial charge in [-0.15, -0.1) is 0 Å². The molecule has 3 rings (SSSR count).